The summed E-state index contributed by atoms with van der Waals surface area (Å²) in [5.74, 6) is 3.00. The normalized spacial score (nSPS) is 15.4. The van der Waals surface area contributed by atoms with E-state index in [0.717, 1.165) is 35.8 Å². The molecule has 5 rings (SSSR count). The number of benzene rings is 3. The number of amides is 1. The minimum atomic E-state index is 0.0233. The first-order chi connectivity index (χ1) is 16.1. The molecule has 0 aliphatic carbocycles. The summed E-state index contributed by atoms with van der Waals surface area (Å²) in [6.45, 7) is 2.75. The number of fused-ring (bicyclic) bond motifs is 2. The molecule has 2 aliphatic rings. The summed E-state index contributed by atoms with van der Waals surface area (Å²) in [6.07, 6.45) is 0.840. The Kier molecular flexibility index (Phi) is 5.92. The zero-order valence-electron chi connectivity index (χ0n) is 18.3. The van der Waals surface area contributed by atoms with Crippen LogP contribution >= 0.6 is 11.6 Å². The molecular weight excluding hydrogens is 438 g/mol. The van der Waals surface area contributed by atoms with Gasteiger partial charge in [0.2, 0.25) is 0 Å². The van der Waals surface area contributed by atoms with Crippen LogP contribution in [0.25, 0.3) is 0 Å². The zero-order chi connectivity index (χ0) is 22.8. The first-order valence-electron chi connectivity index (χ1n) is 11.0. The van der Waals surface area contributed by atoms with Crippen LogP contribution in [0.2, 0.25) is 5.02 Å². The van der Waals surface area contributed by atoms with Gasteiger partial charge < -0.3 is 19.3 Å². The molecule has 168 valence electrons. The first-order valence-corrected chi connectivity index (χ1v) is 11.3. The van der Waals surface area contributed by atoms with Crippen LogP contribution in [-0.4, -0.2) is 54.8 Å². The van der Waals surface area contributed by atoms with Crippen LogP contribution < -0.4 is 9.47 Å². The predicted octanol–water partition coefficient (Wildman–Crippen LogP) is 5.38. The van der Waals surface area contributed by atoms with Crippen LogP contribution in [0.4, 0.5) is 5.69 Å². The van der Waals surface area contributed by atoms with Crippen molar-refractivity contribution in [2.45, 2.75) is 6.42 Å². The summed E-state index contributed by atoms with van der Waals surface area (Å²) in [7, 11) is 1.64. The Bertz CT molecular complexity index is 1210. The largest absolute Gasteiger partial charge is 0.497 e. The topological polar surface area (TPSA) is 54.4 Å². The highest BCUT2D eigenvalue weighted by Crippen LogP contribution is 2.39. The molecule has 0 atom stereocenters. The van der Waals surface area contributed by atoms with Gasteiger partial charge in [0.25, 0.3) is 5.91 Å². The lowest BCUT2D eigenvalue weighted by molar-refractivity contribution is 0.0764. The maximum absolute atomic E-state index is 13.0. The number of ether oxygens (including phenoxy) is 2. The van der Waals surface area contributed by atoms with E-state index in [9.17, 15) is 4.79 Å². The number of aliphatic imine (C=N–C) groups is 1. The summed E-state index contributed by atoms with van der Waals surface area (Å²) in [6, 6.07) is 20.6. The van der Waals surface area contributed by atoms with E-state index in [1.54, 1.807) is 31.4 Å². The van der Waals surface area contributed by atoms with Gasteiger partial charge in [0.15, 0.2) is 5.75 Å². The number of methoxy groups -OCH3 is 1. The molecule has 0 radical (unpaired) electrons. The quantitative estimate of drug-likeness (QED) is 0.514. The van der Waals surface area contributed by atoms with E-state index in [-0.39, 0.29) is 5.91 Å². The number of amidine groups is 1. The summed E-state index contributed by atoms with van der Waals surface area (Å²) in [4.78, 5) is 22.2. The average Bonchev–Trinajstić information content (AvgIpc) is 3.18. The van der Waals surface area contributed by atoms with E-state index in [2.05, 4.69) is 4.90 Å². The molecule has 7 heteroatoms. The van der Waals surface area contributed by atoms with Crippen molar-refractivity contribution in [2.24, 2.45) is 4.99 Å². The highest BCUT2D eigenvalue weighted by molar-refractivity contribution is 6.30. The van der Waals surface area contributed by atoms with E-state index in [1.807, 2.05) is 47.4 Å². The fourth-order valence-electron chi connectivity index (χ4n) is 4.18. The SMILES string of the molecule is COc1ccc2c(c1)Oc1ccccc1N=C2N1CCCN(C(=O)c2ccc(Cl)cc2)CC1. The second-order valence-corrected chi connectivity index (χ2v) is 8.44. The van der Waals surface area contributed by atoms with E-state index >= 15 is 0 Å². The number of hydrogen-bond acceptors (Lipinski definition) is 5. The zero-order valence-corrected chi connectivity index (χ0v) is 19.1. The highest BCUT2D eigenvalue weighted by Gasteiger charge is 2.26. The molecule has 0 unspecified atom stereocenters. The smallest absolute Gasteiger partial charge is 0.253 e. The molecule has 2 heterocycles. The number of rotatable bonds is 2. The molecule has 33 heavy (non-hydrogen) atoms. The van der Waals surface area contributed by atoms with Crippen molar-refractivity contribution < 1.29 is 14.3 Å². The second kappa shape index (κ2) is 9.16. The molecule has 6 nitrogen and oxygen atoms in total. The van der Waals surface area contributed by atoms with Crippen molar-refractivity contribution in [3.05, 3.63) is 82.9 Å². The fraction of sp³-hybridized carbons (Fsp3) is 0.231. The van der Waals surface area contributed by atoms with Gasteiger partial charge in [-0.2, -0.15) is 0 Å². The van der Waals surface area contributed by atoms with Gasteiger partial charge in [-0.3, -0.25) is 4.79 Å². The Morgan fingerprint density at radius 3 is 2.61 bits per heavy atom. The van der Waals surface area contributed by atoms with Crippen molar-refractivity contribution in [3.8, 4) is 17.2 Å². The number of hydrogen-bond donors (Lipinski definition) is 0. The Hall–Kier alpha value is -3.51. The summed E-state index contributed by atoms with van der Waals surface area (Å²) >= 11 is 5.98. The summed E-state index contributed by atoms with van der Waals surface area (Å²) in [5.41, 5.74) is 2.34. The fourth-order valence-corrected chi connectivity index (χ4v) is 4.30. The Labute approximate surface area is 198 Å². The minimum Gasteiger partial charge on any atom is -0.497 e. The average molecular weight is 462 g/mol. The van der Waals surface area contributed by atoms with E-state index in [1.165, 1.54) is 0 Å². The minimum absolute atomic E-state index is 0.0233. The maximum Gasteiger partial charge on any atom is 0.253 e. The first kappa shape index (κ1) is 21.3. The number of nitrogens with zero attached hydrogens (tertiary/aromatic N) is 3. The van der Waals surface area contributed by atoms with Crippen LogP contribution in [-0.2, 0) is 0 Å². The van der Waals surface area contributed by atoms with E-state index in [4.69, 9.17) is 26.1 Å². The van der Waals surface area contributed by atoms with Crippen molar-refractivity contribution in [3.63, 3.8) is 0 Å². The van der Waals surface area contributed by atoms with Crippen LogP contribution in [0.3, 0.4) is 0 Å². The summed E-state index contributed by atoms with van der Waals surface area (Å²) < 4.78 is 11.6. The molecule has 1 saturated heterocycles. The van der Waals surface area contributed by atoms with Gasteiger partial charge in [-0.25, -0.2) is 4.99 Å². The van der Waals surface area contributed by atoms with Crippen LogP contribution in [0.5, 0.6) is 17.2 Å². The Balaban J connectivity index is 1.44. The van der Waals surface area contributed by atoms with E-state index < -0.39 is 0 Å². The molecule has 3 aromatic rings. The third-order valence-corrected chi connectivity index (χ3v) is 6.17. The van der Waals surface area contributed by atoms with Crippen LogP contribution in [0.15, 0.2) is 71.7 Å². The monoisotopic (exact) mass is 461 g/mol. The summed E-state index contributed by atoms with van der Waals surface area (Å²) in [5, 5.41) is 0.623. The number of para-hydroxylation sites is 2. The molecule has 3 aromatic carbocycles. The maximum atomic E-state index is 13.0. The molecule has 2 aliphatic heterocycles. The standard InChI is InChI=1S/C26H24ClN3O3/c1-32-20-11-12-21-24(17-20)33-23-6-3-2-5-22(23)28-25(21)29-13-4-14-30(16-15-29)26(31)18-7-9-19(27)10-8-18/h2-3,5-12,17H,4,13-16H2,1H3. The van der Waals surface area contributed by atoms with Crippen molar-refractivity contribution in [1.82, 2.24) is 9.80 Å². The number of carbonyl (C=O) groups is 1. The Morgan fingerprint density at radius 1 is 0.970 bits per heavy atom. The number of carbonyl (C=O) groups excluding carboxylic acids is 1. The predicted molar refractivity (Wildman–Crippen MR) is 129 cm³/mol. The molecule has 0 N–H and O–H groups in total. The Morgan fingerprint density at radius 2 is 1.79 bits per heavy atom. The van der Waals surface area contributed by atoms with Crippen molar-refractivity contribution >= 4 is 29.0 Å². The lowest BCUT2D eigenvalue weighted by Gasteiger charge is -2.25. The molecular formula is C26H24ClN3O3. The highest BCUT2D eigenvalue weighted by atomic mass is 35.5. The molecule has 0 spiro atoms. The number of halogens is 1. The van der Waals surface area contributed by atoms with Gasteiger partial charge in [0.1, 0.15) is 23.0 Å². The van der Waals surface area contributed by atoms with E-state index in [0.29, 0.717) is 41.7 Å². The van der Waals surface area contributed by atoms with Crippen molar-refractivity contribution in [2.75, 3.05) is 33.3 Å². The van der Waals surface area contributed by atoms with Gasteiger partial charge in [0, 0.05) is 42.8 Å². The lowest BCUT2D eigenvalue weighted by Crippen LogP contribution is -2.37. The van der Waals surface area contributed by atoms with Gasteiger partial charge in [-0.1, -0.05) is 23.7 Å². The van der Waals surface area contributed by atoms with Crippen molar-refractivity contribution in [1.29, 1.82) is 0 Å². The second-order valence-electron chi connectivity index (χ2n) is 8.01. The third-order valence-electron chi connectivity index (χ3n) is 5.92. The molecule has 1 amide bonds. The molecule has 0 saturated carbocycles. The van der Waals surface area contributed by atoms with Gasteiger partial charge in [-0.05, 0) is 55.0 Å². The molecule has 1 fully saturated rings. The van der Waals surface area contributed by atoms with Gasteiger partial charge in [-0.15, -0.1) is 0 Å². The lowest BCUT2D eigenvalue weighted by atomic mass is 10.1. The third kappa shape index (κ3) is 4.39. The van der Waals surface area contributed by atoms with Crippen LogP contribution in [0, 0.1) is 0 Å². The van der Waals surface area contributed by atoms with Crippen LogP contribution in [0.1, 0.15) is 22.3 Å². The molecule has 0 bridgehead atoms. The van der Waals surface area contributed by atoms with Gasteiger partial charge in [0.05, 0.1) is 12.7 Å². The van der Waals surface area contributed by atoms with Gasteiger partial charge >= 0.3 is 0 Å². The molecule has 0 aromatic heterocycles.